The maximum atomic E-state index is 13.6. The molecule has 1 rings (SSSR count). The van der Waals surface area contributed by atoms with Crippen LogP contribution in [0.2, 0.25) is 0 Å². The first-order valence-electron chi connectivity index (χ1n) is 6.15. The highest BCUT2D eigenvalue weighted by molar-refractivity contribution is 5.68. The molecule has 0 aliphatic rings. The molecule has 0 saturated heterocycles. The van der Waals surface area contributed by atoms with Gasteiger partial charge in [-0.25, -0.2) is 4.39 Å². The normalized spacial score (nSPS) is 10.4. The van der Waals surface area contributed by atoms with Crippen LogP contribution in [-0.2, 0) is 0 Å². The Hall–Kier alpha value is -1.71. The highest BCUT2D eigenvalue weighted by Crippen LogP contribution is 2.28. The summed E-state index contributed by atoms with van der Waals surface area (Å²) < 4.78 is 19.0. The van der Waals surface area contributed by atoms with Crippen LogP contribution in [0.15, 0.2) is 24.8 Å². The van der Waals surface area contributed by atoms with Gasteiger partial charge >= 0.3 is 0 Å². The van der Waals surface area contributed by atoms with Gasteiger partial charge in [-0.1, -0.05) is 6.08 Å². The standard InChI is InChI=1S/C14H21FN2O/c1-4-5-6-7-17-13-9-14(18-10(2)3)11(15)8-12(13)16/h4,8-10,17H,1,5-7,16H2,2-3H3. The van der Waals surface area contributed by atoms with Gasteiger partial charge in [0.05, 0.1) is 17.5 Å². The van der Waals surface area contributed by atoms with Crippen molar-refractivity contribution in [2.75, 3.05) is 17.6 Å². The number of anilines is 2. The van der Waals surface area contributed by atoms with Crippen molar-refractivity contribution >= 4 is 11.4 Å². The Morgan fingerprint density at radius 1 is 1.50 bits per heavy atom. The second-order valence-electron chi connectivity index (χ2n) is 4.39. The molecule has 1 aromatic carbocycles. The zero-order valence-electron chi connectivity index (χ0n) is 11.0. The number of unbranched alkanes of at least 4 members (excludes halogenated alkanes) is 1. The van der Waals surface area contributed by atoms with E-state index in [1.807, 2.05) is 19.9 Å². The van der Waals surface area contributed by atoms with Crippen LogP contribution in [0.5, 0.6) is 5.75 Å². The maximum absolute atomic E-state index is 13.6. The minimum Gasteiger partial charge on any atom is -0.488 e. The molecule has 100 valence electrons. The average molecular weight is 252 g/mol. The van der Waals surface area contributed by atoms with Crippen molar-refractivity contribution in [3.8, 4) is 5.75 Å². The van der Waals surface area contributed by atoms with E-state index in [1.165, 1.54) is 6.07 Å². The summed E-state index contributed by atoms with van der Waals surface area (Å²) in [5.74, 6) is -0.205. The van der Waals surface area contributed by atoms with Crippen LogP contribution in [0, 0.1) is 5.82 Å². The maximum Gasteiger partial charge on any atom is 0.167 e. The first-order chi connectivity index (χ1) is 8.54. The summed E-state index contributed by atoms with van der Waals surface area (Å²) in [4.78, 5) is 0. The molecule has 0 fully saturated rings. The molecular formula is C14H21FN2O. The molecule has 4 heteroatoms. The third-order valence-corrected chi connectivity index (χ3v) is 2.37. The molecule has 0 heterocycles. The first-order valence-corrected chi connectivity index (χ1v) is 6.15. The Morgan fingerprint density at radius 3 is 2.83 bits per heavy atom. The van der Waals surface area contributed by atoms with Crippen LogP contribution < -0.4 is 15.8 Å². The lowest BCUT2D eigenvalue weighted by Gasteiger charge is -2.14. The molecule has 0 aliphatic heterocycles. The van der Waals surface area contributed by atoms with Crippen LogP contribution in [-0.4, -0.2) is 12.6 Å². The molecule has 0 spiro atoms. The Balaban J connectivity index is 2.74. The third-order valence-electron chi connectivity index (χ3n) is 2.37. The summed E-state index contributed by atoms with van der Waals surface area (Å²) >= 11 is 0. The van der Waals surface area contributed by atoms with Gasteiger partial charge in [0, 0.05) is 18.7 Å². The molecular weight excluding hydrogens is 231 g/mol. The SMILES string of the molecule is C=CCCCNc1cc(OC(C)C)c(F)cc1N. The van der Waals surface area contributed by atoms with E-state index in [9.17, 15) is 4.39 Å². The van der Waals surface area contributed by atoms with Crippen molar-refractivity contribution in [3.05, 3.63) is 30.6 Å². The fourth-order valence-electron chi connectivity index (χ4n) is 1.54. The predicted molar refractivity (Wildman–Crippen MR) is 74.5 cm³/mol. The number of nitrogens with one attached hydrogen (secondary N) is 1. The molecule has 0 unspecified atom stereocenters. The number of allylic oxidation sites excluding steroid dienone is 1. The smallest absolute Gasteiger partial charge is 0.167 e. The molecule has 3 nitrogen and oxygen atoms in total. The summed E-state index contributed by atoms with van der Waals surface area (Å²) in [6.07, 6.45) is 3.68. The second kappa shape index (κ2) is 6.89. The van der Waals surface area contributed by atoms with Gasteiger partial charge in [0.2, 0.25) is 0 Å². The van der Waals surface area contributed by atoms with Gasteiger partial charge in [0.25, 0.3) is 0 Å². The van der Waals surface area contributed by atoms with Gasteiger partial charge < -0.3 is 15.8 Å². The second-order valence-corrected chi connectivity index (χ2v) is 4.39. The van der Waals surface area contributed by atoms with Gasteiger partial charge in [-0.15, -0.1) is 6.58 Å². The summed E-state index contributed by atoms with van der Waals surface area (Å²) in [5.41, 5.74) is 6.85. The van der Waals surface area contributed by atoms with Crippen LogP contribution >= 0.6 is 0 Å². The lowest BCUT2D eigenvalue weighted by molar-refractivity contribution is 0.231. The highest BCUT2D eigenvalue weighted by Gasteiger charge is 2.10. The number of rotatable bonds is 7. The van der Waals surface area contributed by atoms with Crippen LogP contribution in [0.3, 0.4) is 0 Å². The van der Waals surface area contributed by atoms with E-state index in [-0.39, 0.29) is 11.9 Å². The van der Waals surface area contributed by atoms with Crippen molar-refractivity contribution in [1.29, 1.82) is 0 Å². The van der Waals surface area contributed by atoms with E-state index in [1.54, 1.807) is 6.07 Å². The number of hydrogen-bond donors (Lipinski definition) is 2. The molecule has 0 atom stereocenters. The van der Waals surface area contributed by atoms with E-state index in [0.29, 0.717) is 11.4 Å². The molecule has 0 aliphatic carbocycles. The monoisotopic (exact) mass is 252 g/mol. The van der Waals surface area contributed by atoms with Gasteiger partial charge in [-0.2, -0.15) is 0 Å². The number of nitrogens with two attached hydrogens (primary N) is 1. The molecule has 0 amide bonds. The van der Waals surface area contributed by atoms with Crippen molar-refractivity contribution in [3.63, 3.8) is 0 Å². The molecule has 0 saturated carbocycles. The minimum atomic E-state index is -0.433. The number of ether oxygens (including phenoxy) is 1. The number of nitrogen functional groups attached to an aromatic ring is 1. The Kier molecular flexibility index (Phi) is 5.49. The lowest BCUT2D eigenvalue weighted by atomic mass is 10.2. The Bertz CT molecular complexity index is 405. The summed E-state index contributed by atoms with van der Waals surface area (Å²) in [7, 11) is 0. The largest absolute Gasteiger partial charge is 0.488 e. The predicted octanol–water partition coefficient (Wildman–Crippen LogP) is 3.57. The van der Waals surface area contributed by atoms with E-state index in [2.05, 4.69) is 11.9 Å². The molecule has 0 bridgehead atoms. The van der Waals surface area contributed by atoms with Gasteiger partial charge in [0.15, 0.2) is 11.6 Å². The van der Waals surface area contributed by atoms with E-state index in [4.69, 9.17) is 10.5 Å². The zero-order valence-corrected chi connectivity index (χ0v) is 11.0. The zero-order chi connectivity index (χ0) is 13.5. The van der Waals surface area contributed by atoms with E-state index >= 15 is 0 Å². The molecule has 18 heavy (non-hydrogen) atoms. The first kappa shape index (κ1) is 14.4. The Morgan fingerprint density at radius 2 is 2.22 bits per heavy atom. The van der Waals surface area contributed by atoms with Crippen molar-refractivity contribution in [1.82, 2.24) is 0 Å². The molecule has 3 N–H and O–H groups in total. The fourth-order valence-corrected chi connectivity index (χ4v) is 1.54. The minimum absolute atomic E-state index is 0.0725. The lowest BCUT2D eigenvalue weighted by Crippen LogP contribution is -2.09. The summed E-state index contributed by atoms with van der Waals surface area (Å²) in [6, 6.07) is 2.89. The van der Waals surface area contributed by atoms with E-state index < -0.39 is 5.82 Å². The number of hydrogen-bond acceptors (Lipinski definition) is 3. The topological polar surface area (TPSA) is 47.3 Å². The summed E-state index contributed by atoms with van der Waals surface area (Å²) in [6.45, 7) is 8.13. The van der Waals surface area contributed by atoms with Gasteiger partial charge in [-0.3, -0.25) is 0 Å². The third kappa shape index (κ3) is 4.28. The van der Waals surface area contributed by atoms with Crippen LogP contribution in [0.25, 0.3) is 0 Å². The van der Waals surface area contributed by atoms with Gasteiger partial charge in [-0.05, 0) is 26.7 Å². The number of benzene rings is 1. The molecule has 0 aromatic heterocycles. The molecule has 1 aromatic rings. The van der Waals surface area contributed by atoms with Gasteiger partial charge in [0.1, 0.15) is 0 Å². The quantitative estimate of drug-likeness (QED) is 0.443. The average Bonchev–Trinajstić information content (AvgIpc) is 2.29. The summed E-state index contributed by atoms with van der Waals surface area (Å²) in [5, 5.41) is 3.17. The highest BCUT2D eigenvalue weighted by atomic mass is 19.1. The van der Waals surface area contributed by atoms with Crippen molar-refractivity contribution in [2.24, 2.45) is 0 Å². The van der Waals surface area contributed by atoms with Crippen LogP contribution in [0.1, 0.15) is 26.7 Å². The Labute approximate surface area is 108 Å². The molecule has 0 radical (unpaired) electrons. The number of halogens is 1. The van der Waals surface area contributed by atoms with Crippen LogP contribution in [0.4, 0.5) is 15.8 Å². The van der Waals surface area contributed by atoms with E-state index in [0.717, 1.165) is 19.4 Å². The fraction of sp³-hybridized carbons (Fsp3) is 0.429. The van der Waals surface area contributed by atoms with Crippen molar-refractivity contribution < 1.29 is 9.13 Å². The van der Waals surface area contributed by atoms with Crippen molar-refractivity contribution in [2.45, 2.75) is 32.8 Å².